The predicted molar refractivity (Wildman–Crippen MR) is 71.0 cm³/mol. The summed E-state index contributed by atoms with van der Waals surface area (Å²) in [4.78, 5) is 0. The summed E-state index contributed by atoms with van der Waals surface area (Å²) in [7, 11) is 0. The van der Waals surface area contributed by atoms with Gasteiger partial charge < -0.3 is 10.5 Å². The van der Waals surface area contributed by atoms with Crippen LogP contribution in [-0.4, -0.2) is 12.1 Å². The van der Waals surface area contributed by atoms with Gasteiger partial charge in [-0.15, -0.1) is 0 Å². The standard InChI is InChI=1S/C15H23NO/c1-12-5-6-14(9-13(12)2)10-17-15(11-16)7-3-4-8-15/h5-6,9H,3-4,7-8,10-11,16H2,1-2H3. The molecule has 1 aliphatic carbocycles. The molecule has 0 aromatic heterocycles. The van der Waals surface area contributed by atoms with E-state index in [1.54, 1.807) is 0 Å². The molecule has 2 rings (SSSR count). The zero-order valence-electron chi connectivity index (χ0n) is 11.0. The average Bonchev–Trinajstić information content (AvgIpc) is 2.80. The van der Waals surface area contributed by atoms with Crippen LogP contribution in [0.2, 0.25) is 0 Å². The van der Waals surface area contributed by atoms with E-state index in [1.807, 2.05) is 0 Å². The number of nitrogens with two attached hydrogens (primary N) is 1. The topological polar surface area (TPSA) is 35.2 Å². The van der Waals surface area contributed by atoms with Crippen LogP contribution < -0.4 is 5.73 Å². The summed E-state index contributed by atoms with van der Waals surface area (Å²) < 4.78 is 6.10. The minimum absolute atomic E-state index is 0.0429. The van der Waals surface area contributed by atoms with Gasteiger partial charge in [0.25, 0.3) is 0 Å². The Balaban J connectivity index is 1.99. The first-order valence-corrected chi connectivity index (χ1v) is 6.55. The van der Waals surface area contributed by atoms with Crippen LogP contribution in [0.5, 0.6) is 0 Å². The van der Waals surface area contributed by atoms with Crippen LogP contribution in [-0.2, 0) is 11.3 Å². The summed E-state index contributed by atoms with van der Waals surface area (Å²) >= 11 is 0. The molecular formula is C15H23NO. The summed E-state index contributed by atoms with van der Waals surface area (Å²) in [5.41, 5.74) is 9.75. The van der Waals surface area contributed by atoms with E-state index in [9.17, 15) is 0 Å². The molecule has 2 N–H and O–H groups in total. The van der Waals surface area contributed by atoms with E-state index in [0.717, 1.165) is 12.8 Å². The highest BCUT2D eigenvalue weighted by Gasteiger charge is 2.33. The lowest BCUT2D eigenvalue weighted by atomic mass is 10.0. The molecule has 2 heteroatoms. The molecule has 0 saturated heterocycles. The Morgan fingerprint density at radius 3 is 2.47 bits per heavy atom. The van der Waals surface area contributed by atoms with Crippen LogP contribution in [0.3, 0.4) is 0 Å². The van der Waals surface area contributed by atoms with Crippen LogP contribution in [0.1, 0.15) is 42.4 Å². The second kappa shape index (κ2) is 5.19. The quantitative estimate of drug-likeness (QED) is 0.867. The fraction of sp³-hybridized carbons (Fsp3) is 0.600. The first-order valence-electron chi connectivity index (χ1n) is 6.55. The van der Waals surface area contributed by atoms with E-state index < -0.39 is 0 Å². The van der Waals surface area contributed by atoms with Crippen molar-refractivity contribution in [3.8, 4) is 0 Å². The Labute approximate surface area is 104 Å². The van der Waals surface area contributed by atoms with E-state index in [-0.39, 0.29) is 5.60 Å². The lowest BCUT2D eigenvalue weighted by Gasteiger charge is -2.27. The monoisotopic (exact) mass is 233 g/mol. The van der Waals surface area contributed by atoms with Gasteiger partial charge in [0.05, 0.1) is 12.2 Å². The predicted octanol–water partition coefficient (Wildman–Crippen LogP) is 3.09. The number of rotatable bonds is 4. The van der Waals surface area contributed by atoms with Crippen molar-refractivity contribution in [1.29, 1.82) is 0 Å². The highest BCUT2D eigenvalue weighted by molar-refractivity contribution is 5.29. The molecule has 0 bridgehead atoms. The molecular weight excluding hydrogens is 210 g/mol. The third kappa shape index (κ3) is 2.88. The molecule has 0 spiro atoms. The second-order valence-corrected chi connectivity index (χ2v) is 5.30. The van der Waals surface area contributed by atoms with Crippen molar-refractivity contribution >= 4 is 0 Å². The number of aryl methyl sites for hydroxylation is 2. The Morgan fingerprint density at radius 1 is 1.18 bits per heavy atom. The first-order chi connectivity index (χ1) is 8.15. The fourth-order valence-electron chi connectivity index (χ4n) is 2.56. The Bertz CT molecular complexity index is 381. The molecule has 17 heavy (non-hydrogen) atoms. The first kappa shape index (κ1) is 12.6. The van der Waals surface area contributed by atoms with Crippen LogP contribution in [0, 0.1) is 13.8 Å². The van der Waals surface area contributed by atoms with Gasteiger partial charge in [-0.1, -0.05) is 31.0 Å². The summed E-state index contributed by atoms with van der Waals surface area (Å²) in [6, 6.07) is 6.54. The van der Waals surface area contributed by atoms with Gasteiger partial charge in [-0.05, 0) is 43.4 Å². The molecule has 0 amide bonds. The average molecular weight is 233 g/mol. The van der Waals surface area contributed by atoms with Gasteiger partial charge in [-0.2, -0.15) is 0 Å². The zero-order chi connectivity index (χ0) is 12.3. The summed E-state index contributed by atoms with van der Waals surface area (Å²) in [5, 5.41) is 0. The highest BCUT2D eigenvalue weighted by Crippen LogP contribution is 2.33. The number of ether oxygens (including phenoxy) is 1. The maximum Gasteiger partial charge on any atom is 0.0808 e. The fourth-order valence-corrected chi connectivity index (χ4v) is 2.56. The van der Waals surface area contributed by atoms with Crippen molar-refractivity contribution in [3.05, 3.63) is 34.9 Å². The maximum absolute atomic E-state index is 6.10. The largest absolute Gasteiger partial charge is 0.369 e. The van der Waals surface area contributed by atoms with E-state index in [1.165, 1.54) is 29.5 Å². The SMILES string of the molecule is Cc1ccc(COC2(CN)CCCC2)cc1C. The van der Waals surface area contributed by atoms with Crippen molar-refractivity contribution < 1.29 is 4.74 Å². The number of hydrogen-bond donors (Lipinski definition) is 1. The second-order valence-electron chi connectivity index (χ2n) is 5.30. The van der Waals surface area contributed by atoms with E-state index in [4.69, 9.17) is 10.5 Å². The molecule has 2 nitrogen and oxygen atoms in total. The van der Waals surface area contributed by atoms with Crippen molar-refractivity contribution in [3.63, 3.8) is 0 Å². The summed E-state index contributed by atoms with van der Waals surface area (Å²) in [6.07, 6.45) is 4.75. The molecule has 1 aliphatic rings. The van der Waals surface area contributed by atoms with Crippen LogP contribution >= 0.6 is 0 Å². The Kier molecular flexibility index (Phi) is 3.85. The van der Waals surface area contributed by atoms with Crippen molar-refractivity contribution in [2.24, 2.45) is 5.73 Å². The normalized spacial score (nSPS) is 18.5. The minimum Gasteiger partial charge on any atom is -0.369 e. The van der Waals surface area contributed by atoms with Gasteiger partial charge in [0.2, 0.25) is 0 Å². The molecule has 1 saturated carbocycles. The Hall–Kier alpha value is -0.860. The molecule has 0 heterocycles. The van der Waals surface area contributed by atoms with Crippen LogP contribution in [0.4, 0.5) is 0 Å². The molecule has 0 radical (unpaired) electrons. The van der Waals surface area contributed by atoms with E-state index in [0.29, 0.717) is 13.2 Å². The van der Waals surface area contributed by atoms with E-state index in [2.05, 4.69) is 32.0 Å². The lowest BCUT2D eigenvalue weighted by Crippen LogP contribution is -2.37. The molecule has 0 unspecified atom stereocenters. The highest BCUT2D eigenvalue weighted by atomic mass is 16.5. The van der Waals surface area contributed by atoms with Crippen LogP contribution in [0.15, 0.2) is 18.2 Å². The van der Waals surface area contributed by atoms with Crippen molar-refractivity contribution in [2.75, 3.05) is 6.54 Å². The van der Waals surface area contributed by atoms with Gasteiger partial charge in [0, 0.05) is 6.54 Å². The van der Waals surface area contributed by atoms with Gasteiger partial charge >= 0.3 is 0 Å². The molecule has 1 aromatic carbocycles. The van der Waals surface area contributed by atoms with Gasteiger partial charge in [-0.25, -0.2) is 0 Å². The van der Waals surface area contributed by atoms with Gasteiger partial charge in [0.15, 0.2) is 0 Å². The molecule has 0 atom stereocenters. The third-order valence-corrected chi connectivity index (χ3v) is 4.00. The molecule has 1 fully saturated rings. The summed E-state index contributed by atoms with van der Waals surface area (Å²) in [5.74, 6) is 0. The minimum atomic E-state index is -0.0429. The van der Waals surface area contributed by atoms with Gasteiger partial charge in [0.1, 0.15) is 0 Å². The smallest absolute Gasteiger partial charge is 0.0808 e. The summed E-state index contributed by atoms with van der Waals surface area (Å²) in [6.45, 7) is 5.63. The third-order valence-electron chi connectivity index (χ3n) is 4.00. The number of hydrogen-bond acceptors (Lipinski definition) is 2. The zero-order valence-corrected chi connectivity index (χ0v) is 11.0. The molecule has 94 valence electrons. The van der Waals surface area contributed by atoms with Crippen molar-refractivity contribution in [1.82, 2.24) is 0 Å². The number of benzene rings is 1. The van der Waals surface area contributed by atoms with Crippen molar-refractivity contribution in [2.45, 2.75) is 51.7 Å². The van der Waals surface area contributed by atoms with E-state index >= 15 is 0 Å². The lowest BCUT2D eigenvalue weighted by molar-refractivity contribution is -0.0448. The van der Waals surface area contributed by atoms with Crippen LogP contribution in [0.25, 0.3) is 0 Å². The molecule has 1 aromatic rings. The molecule has 0 aliphatic heterocycles. The maximum atomic E-state index is 6.10. The van der Waals surface area contributed by atoms with Gasteiger partial charge in [-0.3, -0.25) is 0 Å². The Morgan fingerprint density at radius 2 is 1.88 bits per heavy atom.